The fourth-order valence-corrected chi connectivity index (χ4v) is 1.30. The van der Waals surface area contributed by atoms with Gasteiger partial charge in [0.05, 0.1) is 0 Å². The molecule has 2 amide bonds. The SMILES string of the molecule is CC(C)(C)OC(=O)Nc1cc(CC(=O)NN)bcn1. The number of anilines is 1. The Morgan fingerprint density at radius 3 is 2.74 bits per heavy atom. The molecule has 1 aromatic rings. The summed E-state index contributed by atoms with van der Waals surface area (Å²) in [5, 5.41) is 2.49. The van der Waals surface area contributed by atoms with Gasteiger partial charge < -0.3 is 0 Å². The molecule has 0 aromatic carbocycles. The van der Waals surface area contributed by atoms with Crippen LogP contribution in [-0.4, -0.2) is 29.5 Å². The molecule has 0 radical (unpaired) electrons. The first-order valence-corrected chi connectivity index (χ1v) is 5.74. The summed E-state index contributed by atoms with van der Waals surface area (Å²) in [4.78, 5) is 26.6. The van der Waals surface area contributed by atoms with E-state index >= 15 is 0 Å². The number of nitrogens with two attached hydrogens (primary N) is 1. The van der Waals surface area contributed by atoms with E-state index in [0.29, 0.717) is 11.3 Å². The summed E-state index contributed by atoms with van der Waals surface area (Å²) in [5.41, 5.74) is 2.14. The van der Waals surface area contributed by atoms with Gasteiger partial charge in [0.1, 0.15) is 0 Å². The van der Waals surface area contributed by atoms with Crippen LogP contribution >= 0.6 is 0 Å². The molecule has 1 aromatic heterocycles. The van der Waals surface area contributed by atoms with Crippen molar-refractivity contribution >= 4 is 24.7 Å². The molecule has 1 heterocycles. The first kappa shape index (κ1) is 15.1. The molecule has 0 saturated carbocycles. The Kier molecular flexibility index (Phi) is 4.99. The minimum absolute atomic E-state index is 0.113. The molecule has 0 aliphatic rings. The number of hydrogen-bond donors (Lipinski definition) is 3. The van der Waals surface area contributed by atoms with Crippen LogP contribution in [0.3, 0.4) is 0 Å². The van der Waals surface area contributed by atoms with E-state index in [1.165, 1.54) is 6.09 Å². The minimum atomic E-state index is -0.597. The summed E-state index contributed by atoms with van der Waals surface area (Å²) in [5.74, 6) is 4.99. The van der Waals surface area contributed by atoms with Crippen LogP contribution in [0.2, 0.25) is 0 Å². The van der Waals surface area contributed by atoms with Crippen molar-refractivity contribution in [1.82, 2.24) is 10.4 Å². The van der Waals surface area contributed by atoms with Gasteiger partial charge in [0, 0.05) is 0 Å². The molecular weight excluding hydrogens is 247 g/mol. The summed E-state index contributed by atoms with van der Waals surface area (Å²) in [6, 6.07) is 1.58. The Morgan fingerprint density at radius 2 is 2.16 bits per heavy atom. The Hall–Kier alpha value is -1.96. The standard InChI is InChI=1S/C11H17BN4O3/c1-11(2,3)19-10(18)15-8-4-7(12-6-14-8)5-9(17)16-13/h4,6H,5,13H2,1-3H3,(H,16,17)(H,14,15,18). The van der Waals surface area contributed by atoms with E-state index in [9.17, 15) is 9.59 Å². The van der Waals surface area contributed by atoms with Crippen LogP contribution in [0.15, 0.2) is 12.2 Å². The van der Waals surface area contributed by atoms with E-state index in [2.05, 4.69) is 10.3 Å². The second-order valence-electron chi connectivity index (χ2n) is 4.92. The Labute approximate surface area is 112 Å². The first-order chi connectivity index (χ1) is 8.80. The molecule has 0 atom stereocenters. The van der Waals surface area contributed by atoms with Crippen LogP contribution in [0.1, 0.15) is 26.2 Å². The van der Waals surface area contributed by atoms with E-state index in [1.54, 1.807) is 33.7 Å². The zero-order valence-corrected chi connectivity index (χ0v) is 11.2. The van der Waals surface area contributed by atoms with Crippen LogP contribution in [0, 0.1) is 0 Å². The average Bonchev–Trinajstić information content (AvgIpc) is 2.26. The molecule has 0 unspecified atom stereocenters. The van der Waals surface area contributed by atoms with Gasteiger partial charge in [-0.1, -0.05) is 0 Å². The third-order valence-electron chi connectivity index (χ3n) is 1.98. The quantitative estimate of drug-likeness (QED) is 0.413. The normalized spacial score (nSPS) is 10.5. The van der Waals surface area contributed by atoms with Gasteiger partial charge in [0.2, 0.25) is 0 Å². The molecule has 0 bridgehead atoms. The Morgan fingerprint density at radius 1 is 1.47 bits per heavy atom. The predicted octanol–water partition coefficient (Wildman–Crippen LogP) is 0.299. The van der Waals surface area contributed by atoms with Crippen molar-refractivity contribution in [2.45, 2.75) is 32.8 Å². The molecule has 7 nitrogen and oxygen atoms in total. The van der Waals surface area contributed by atoms with E-state index in [-0.39, 0.29) is 12.3 Å². The van der Waals surface area contributed by atoms with E-state index < -0.39 is 11.7 Å². The zero-order chi connectivity index (χ0) is 14.5. The van der Waals surface area contributed by atoms with E-state index in [1.807, 2.05) is 5.43 Å². The number of carbonyl (C=O) groups excluding carboxylic acids is 2. The number of hydrazine groups is 1. The summed E-state index contributed by atoms with van der Waals surface area (Å²) in [7, 11) is 0. The fraction of sp³-hybridized carbons (Fsp3) is 0.455. The van der Waals surface area contributed by atoms with Crippen molar-refractivity contribution in [2.24, 2.45) is 5.84 Å². The summed E-state index contributed by atoms with van der Waals surface area (Å²) < 4.78 is 5.09. The van der Waals surface area contributed by atoms with Gasteiger partial charge >= 0.3 is 111 Å². The van der Waals surface area contributed by atoms with Crippen molar-refractivity contribution in [2.75, 3.05) is 5.32 Å². The fourth-order valence-electron chi connectivity index (χ4n) is 1.30. The number of ether oxygens (including phenoxy) is 1. The van der Waals surface area contributed by atoms with Gasteiger partial charge in [-0.05, 0) is 0 Å². The molecule has 0 spiro atoms. The molecule has 102 valence electrons. The monoisotopic (exact) mass is 264 g/mol. The summed E-state index contributed by atoms with van der Waals surface area (Å²) in [6.07, 6.45) is 1.01. The van der Waals surface area contributed by atoms with Gasteiger partial charge in [-0.15, -0.1) is 0 Å². The third kappa shape index (κ3) is 5.96. The summed E-state index contributed by atoms with van der Waals surface area (Å²) in [6.45, 7) is 6.96. The van der Waals surface area contributed by atoms with Crippen molar-refractivity contribution in [3.63, 3.8) is 0 Å². The molecule has 0 saturated heterocycles. The van der Waals surface area contributed by atoms with E-state index in [0.717, 1.165) is 0 Å². The van der Waals surface area contributed by atoms with Gasteiger partial charge in [-0.2, -0.15) is 0 Å². The molecule has 0 aliphatic heterocycles. The number of carbonyl (C=O) groups is 2. The molecule has 8 heteroatoms. The predicted molar refractivity (Wildman–Crippen MR) is 71.5 cm³/mol. The third-order valence-corrected chi connectivity index (χ3v) is 1.98. The van der Waals surface area contributed by atoms with Gasteiger partial charge in [-0.25, -0.2) is 0 Å². The molecule has 19 heavy (non-hydrogen) atoms. The topological polar surface area (TPSA) is 106 Å². The van der Waals surface area contributed by atoms with Gasteiger partial charge in [-0.3, -0.25) is 0 Å². The maximum absolute atomic E-state index is 11.5. The van der Waals surface area contributed by atoms with Crippen LogP contribution in [0.25, 0.3) is 0 Å². The Bertz CT molecular complexity index is 473. The molecule has 1 rings (SSSR count). The molecule has 0 fully saturated rings. The van der Waals surface area contributed by atoms with E-state index in [4.69, 9.17) is 10.6 Å². The summed E-state index contributed by atoms with van der Waals surface area (Å²) >= 11 is 0. The van der Waals surface area contributed by atoms with Gasteiger partial charge in [0.25, 0.3) is 0 Å². The van der Waals surface area contributed by atoms with Crippen LogP contribution < -0.4 is 16.6 Å². The van der Waals surface area contributed by atoms with Crippen molar-refractivity contribution in [3.05, 3.63) is 17.6 Å². The second-order valence-corrected chi connectivity index (χ2v) is 4.92. The van der Waals surface area contributed by atoms with Crippen molar-refractivity contribution in [3.8, 4) is 0 Å². The molecular formula is C11H17BN4O3. The molecule has 0 aliphatic carbocycles. The number of aromatic nitrogens is 1. The zero-order valence-electron chi connectivity index (χ0n) is 11.2. The number of rotatable bonds is 3. The van der Waals surface area contributed by atoms with Crippen LogP contribution in [0.5, 0.6) is 0 Å². The van der Waals surface area contributed by atoms with Crippen molar-refractivity contribution < 1.29 is 14.3 Å². The number of amides is 2. The van der Waals surface area contributed by atoms with Crippen molar-refractivity contribution in [1.29, 1.82) is 0 Å². The first-order valence-electron chi connectivity index (χ1n) is 5.74. The number of hydrogen-bond acceptors (Lipinski definition) is 5. The van der Waals surface area contributed by atoms with Crippen LogP contribution in [0.4, 0.5) is 10.6 Å². The van der Waals surface area contributed by atoms with Gasteiger partial charge in [0.15, 0.2) is 0 Å². The average molecular weight is 264 g/mol. The second kappa shape index (κ2) is 6.28. The maximum atomic E-state index is 11.5. The number of nitrogens with one attached hydrogen (secondary N) is 2. The van der Waals surface area contributed by atoms with Crippen LogP contribution in [-0.2, 0) is 16.0 Å². The molecule has 4 N–H and O–H groups in total. The Balaban J connectivity index is 2.67. The number of nitrogens with zero attached hydrogens (tertiary/aromatic N) is 1.